The fourth-order valence-electron chi connectivity index (χ4n) is 4.45. The van der Waals surface area contributed by atoms with E-state index in [0.29, 0.717) is 28.9 Å². The summed E-state index contributed by atoms with van der Waals surface area (Å²) in [6, 6.07) is 7.93. The molecule has 5 rings (SSSR count). The topological polar surface area (TPSA) is 122 Å². The molecule has 0 spiro atoms. The molecule has 2 aliphatic rings. The molecular weight excluding hydrogens is 499 g/mol. The quantitative estimate of drug-likeness (QED) is 0.477. The van der Waals surface area contributed by atoms with Gasteiger partial charge in [0, 0.05) is 36.8 Å². The number of sulfonamides is 1. The number of nitrogens with zero attached hydrogens (tertiary/aromatic N) is 4. The summed E-state index contributed by atoms with van der Waals surface area (Å²) in [5.74, 6) is 0.778. The van der Waals surface area contributed by atoms with Gasteiger partial charge in [-0.05, 0) is 49.6 Å². The van der Waals surface area contributed by atoms with Crippen LogP contribution >= 0.6 is 0 Å². The van der Waals surface area contributed by atoms with Crippen molar-refractivity contribution in [2.45, 2.75) is 32.5 Å². The predicted molar refractivity (Wildman–Crippen MR) is 137 cm³/mol. The molecule has 0 amide bonds. The Morgan fingerprint density at radius 1 is 1.11 bits per heavy atom. The number of hydrogen-bond acceptors (Lipinski definition) is 8. The number of imidazole rings is 1. The number of hydrogen-bond donors (Lipinski definition) is 2. The summed E-state index contributed by atoms with van der Waals surface area (Å²) in [6.07, 6.45) is 5.50. The molecule has 12 heteroatoms. The maximum Gasteiger partial charge on any atom is 0.225 e. The summed E-state index contributed by atoms with van der Waals surface area (Å²) < 4.78 is 51.1. The first kappa shape index (κ1) is 25.7. The molecule has 0 bridgehead atoms. The molecule has 2 aromatic heterocycles. The monoisotopic (exact) mass is 530 g/mol. The van der Waals surface area contributed by atoms with Gasteiger partial charge in [0.25, 0.3) is 0 Å². The van der Waals surface area contributed by atoms with E-state index in [-0.39, 0.29) is 25.6 Å². The molecule has 1 aromatic carbocycles. The van der Waals surface area contributed by atoms with Crippen LogP contribution in [0.25, 0.3) is 22.6 Å². The van der Waals surface area contributed by atoms with Crippen molar-refractivity contribution in [3.63, 3.8) is 0 Å². The zero-order valence-corrected chi connectivity index (χ0v) is 21.7. The lowest BCUT2D eigenvalue weighted by molar-refractivity contribution is -0.231. The second kappa shape index (κ2) is 10.4. The molecule has 0 aliphatic carbocycles. The summed E-state index contributed by atoms with van der Waals surface area (Å²) in [6.45, 7) is 4.47. The van der Waals surface area contributed by atoms with Crippen LogP contribution in [-0.4, -0.2) is 67.5 Å². The van der Waals surface area contributed by atoms with E-state index in [4.69, 9.17) is 19.4 Å². The number of halogens is 1. The van der Waals surface area contributed by atoms with E-state index in [1.807, 2.05) is 13.0 Å². The van der Waals surface area contributed by atoms with E-state index in [1.165, 1.54) is 18.6 Å². The molecular formula is C25H31FN6O4S. The van der Waals surface area contributed by atoms with E-state index in [1.54, 1.807) is 18.3 Å². The number of aromatic amines is 1. The lowest BCUT2D eigenvalue weighted by Gasteiger charge is -2.36. The molecule has 2 fully saturated rings. The number of rotatable bonds is 7. The molecule has 2 aliphatic heterocycles. The number of anilines is 1. The molecule has 3 aromatic rings. The Morgan fingerprint density at radius 2 is 1.81 bits per heavy atom. The molecule has 2 saturated heterocycles. The number of benzene rings is 1. The minimum absolute atomic E-state index is 0.197. The Kier molecular flexibility index (Phi) is 7.26. The van der Waals surface area contributed by atoms with E-state index in [2.05, 4.69) is 19.6 Å². The summed E-state index contributed by atoms with van der Waals surface area (Å²) >= 11 is 0. The lowest BCUT2D eigenvalue weighted by Crippen LogP contribution is -2.45. The molecule has 37 heavy (non-hydrogen) atoms. The smallest absolute Gasteiger partial charge is 0.225 e. The molecule has 0 atom stereocenters. The van der Waals surface area contributed by atoms with E-state index in [9.17, 15) is 12.8 Å². The molecule has 0 saturated carbocycles. The first-order valence-corrected chi connectivity index (χ1v) is 14.2. The van der Waals surface area contributed by atoms with Crippen molar-refractivity contribution in [3.05, 3.63) is 48.2 Å². The van der Waals surface area contributed by atoms with Gasteiger partial charge in [-0.15, -0.1) is 0 Å². The summed E-state index contributed by atoms with van der Waals surface area (Å²) in [7, 11) is -3.33. The van der Waals surface area contributed by atoms with Gasteiger partial charge in [-0.2, -0.15) is 0 Å². The van der Waals surface area contributed by atoms with Crippen LogP contribution in [0.15, 0.2) is 36.5 Å². The van der Waals surface area contributed by atoms with Crippen molar-refractivity contribution < 1.29 is 22.3 Å². The van der Waals surface area contributed by atoms with E-state index in [0.717, 1.165) is 37.8 Å². The zero-order valence-electron chi connectivity index (χ0n) is 20.9. The van der Waals surface area contributed by atoms with Gasteiger partial charge in [0.05, 0.1) is 36.6 Å². The van der Waals surface area contributed by atoms with Gasteiger partial charge in [-0.25, -0.2) is 32.5 Å². The van der Waals surface area contributed by atoms with Crippen LogP contribution in [0.4, 0.5) is 10.3 Å². The van der Waals surface area contributed by atoms with Crippen molar-refractivity contribution in [1.29, 1.82) is 0 Å². The Bertz CT molecular complexity index is 1330. The highest BCUT2D eigenvalue weighted by atomic mass is 32.2. The van der Waals surface area contributed by atoms with E-state index < -0.39 is 21.7 Å². The van der Waals surface area contributed by atoms with Crippen molar-refractivity contribution in [2.75, 3.05) is 44.0 Å². The zero-order chi connectivity index (χ0) is 26.0. The van der Waals surface area contributed by atoms with Gasteiger partial charge in [0.2, 0.25) is 22.3 Å². The second-order valence-electron chi connectivity index (χ2n) is 10.0. The van der Waals surface area contributed by atoms with Crippen molar-refractivity contribution >= 4 is 16.0 Å². The molecule has 0 radical (unpaired) electrons. The first-order chi connectivity index (χ1) is 17.7. The Morgan fingerprint density at radius 3 is 2.49 bits per heavy atom. The number of nitrogens with one attached hydrogen (secondary N) is 2. The Labute approximate surface area is 215 Å². The predicted octanol–water partition coefficient (Wildman–Crippen LogP) is 3.26. The van der Waals surface area contributed by atoms with Crippen LogP contribution in [0.1, 0.15) is 38.3 Å². The fourth-order valence-corrected chi connectivity index (χ4v) is 5.06. The van der Waals surface area contributed by atoms with Gasteiger partial charge >= 0.3 is 0 Å². The minimum Gasteiger partial charge on any atom is -0.345 e. The molecule has 4 heterocycles. The lowest BCUT2D eigenvalue weighted by atomic mass is 9.92. The van der Waals surface area contributed by atoms with Crippen molar-refractivity contribution in [1.82, 2.24) is 24.7 Å². The standard InChI is InChI=1S/C25H31FN6O4S/c1-25(14-28-37(2,33)34)15-35-23(36-16-25)22-30-20(17-6-8-18(26)9-7-17)21(31-22)19-10-11-27-24(29-19)32-12-4-3-5-13-32/h6-11,23,28H,3-5,12-16H2,1-2H3,(H,30,31). The first-order valence-electron chi connectivity index (χ1n) is 12.3. The van der Waals surface area contributed by atoms with Crippen LogP contribution in [0, 0.1) is 11.2 Å². The summed E-state index contributed by atoms with van der Waals surface area (Å²) in [5, 5.41) is 0. The highest BCUT2D eigenvalue weighted by Gasteiger charge is 2.36. The minimum atomic E-state index is -3.33. The van der Waals surface area contributed by atoms with Crippen LogP contribution in [0.5, 0.6) is 0 Å². The van der Waals surface area contributed by atoms with Gasteiger partial charge < -0.3 is 19.4 Å². The van der Waals surface area contributed by atoms with Gasteiger partial charge in [0.1, 0.15) is 5.82 Å². The third-order valence-corrected chi connectivity index (χ3v) is 7.20. The molecule has 2 N–H and O–H groups in total. The SMILES string of the molecule is CC1(CNS(C)(=O)=O)COC(c2nc(-c3ccc(F)cc3)c(-c3ccnc(N4CCCCC4)n3)[nH]2)OC1. The van der Waals surface area contributed by atoms with Crippen LogP contribution in [0.3, 0.4) is 0 Å². The van der Waals surface area contributed by atoms with Crippen molar-refractivity contribution in [2.24, 2.45) is 5.41 Å². The van der Waals surface area contributed by atoms with Gasteiger partial charge in [-0.3, -0.25) is 0 Å². The number of aromatic nitrogens is 4. The number of H-pyrrole nitrogens is 1. The summed E-state index contributed by atoms with van der Waals surface area (Å²) in [4.78, 5) is 19.6. The third-order valence-electron chi connectivity index (χ3n) is 6.53. The maximum atomic E-state index is 13.7. The van der Waals surface area contributed by atoms with Crippen LogP contribution in [0.2, 0.25) is 0 Å². The molecule has 0 unspecified atom stereocenters. The Hall–Kier alpha value is -2.93. The largest absolute Gasteiger partial charge is 0.345 e. The van der Waals surface area contributed by atoms with E-state index >= 15 is 0 Å². The number of ether oxygens (including phenoxy) is 2. The molecule has 198 valence electrons. The average Bonchev–Trinajstić information content (AvgIpc) is 3.34. The average molecular weight is 531 g/mol. The van der Waals surface area contributed by atoms with Crippen molar-refractivity contribution in [3.8, 4) is 22.6 Å². The second-order valence-corrected chi connectivity index (χ2v) is 11.8. The highest BCUT2D eigenvalue weighted by Crippen LogP contribution is 2.35. The van der Waals surface area contributed by atoms with Gasteiger partial charge in [-0.1, -0.05) is 6.92 Å². The maximum absolute atomic E-state index is 13.7. The fraction of sp³-hybridized carbons (Fsp3) is 0.480. The van der Waals surface area contributed by atoms with Gasteiger partial charge in [0.15, 0.2) is 5.82 Å². The highest BCUT2D eigenvalue weighted by molar-refractivity contribution is 7.88. The molecule has 10 nitrogen and oxygen atoms in total. The normalized spacial score (nSPS) is 22.8. The Balaban J connectivity index is 1.43. The third kappa shape index (κ3) is 6.15. The number of piperidine rings is 1. The summed E-state index contributed by atoms with van der Waals surface area (Å²) in [5.41, 5.74) is 2.10. The van der Waals surface area contributed by atoms with Crippen LogP contribution < -0.4 is 9.62 Å². The van der Waals surface area contributed by atoms with Crippen LogP contribution in [-0.2, 0) is 19.5 Å².